The minimum Gasteiger partial charge on any atom is -0.355 e. The van der Waals surface area contributed by atoms with E-state index in [-0.39, 0.29) is 30.6 Å². The molecule has 1 aliphatic rings. The van der Waals surface area contributed by atoms with Crippen molar-refractivity contribution < 1.29 is 9.59 Å². The normalized spacial score (nSPS) is 15.1. The van der Waals surface area contributed by atoms with Crippen LogP contribution in [0.25, 0.3) is 0 Å². The van der Waals surface area contributed by atoms with Gasteiger partial charge in [-0.25, -0.2) is 10.9 Å². The molecule has 0 saturated carbocycles. The molecule has 6 nitrogen and oxygen atoms in total. The molecule has 1 aliphatic heterocycles. The molecule has 1 rings (SSSR count). The van der Waals surface area contributed by atoms with E-state index in [1.165, 1.54) is 4.90 Å². The SMILES string of the molecule is C#CCN(CC(=O)NCCCCC)C(=O)CCC1(C)NN1. The van der Waals surface area contributed by atoms with Crippen LogP contribution < -0.4 is 16.2 Å². The van der Waals surface area contributed by atoms with E-state index in [1.807, 2.05) is 6.92 Å². The summed E-state index contributed by atoms with van der Waals surface area (Å²) in [5, 5.41) is 2.82. The number of hydrogen-bond donors (Lipinski definition) is 3. The third kappa shape index (κ3) is 7.11. The molecule has 1 saturated heterocycles. The van der Waals surface area contributed by atoms with Crippen molar-refractivity contribution in [2.45, 2.75) is 51.6 Å². The van der Waals surface area contributed by atoms with Crippen LogP contribution in [0.3, 0.4) is 0 Å². The van der Waals surface area contributed by atoms with Gasteiger partial charge in [-0.2, -0.15) is 0 Å². The van der Waals surface area contributed by atoms with E-state index in [4.69, 9.17) is 6.42 Å². The van der Waals surface area contributed by atoms with Crippen LogP contribution >= 0.6 is 0 Å². The molecule has 0 atom stereocenters. The summed E-state index contributed by atoms with van der Waals surface area (Å²) in [6, 6.07) is 0. The van der Waals surface area contributed by atoms with E-state index < -0.39 is 0 Å². The maximum Gasteiger partial charge on any atom is 0.239 e. The highest BCUT2D eigenvalue weighted by molar-refractivity contribution is 5.85. The summed E-state index contributed by atoms with van der Waals surface area (Å²) >= 11 is 0. The summed E-state index contributed by atoms with van der Waals surface area (Å²) < 4.78 is 0. The molecule has 0 aliphatic carbocycles. The Bertz CT molecular complexity index is 399. The molecular formula is C15H26N4O2. The number of nitrogens with one attached hydrogen (secondary N) is 3. The van der Waals surface area contributed by atoms with E-state index in [0.29, 0.717) is 19.4 Å². The van der Waals surface area contributed by atoms with Crippen molar-refractivity contribution >= 4 is 11.8 Å². The summed E-state index contributed by atoms with van der Waals surface area (Å²) in [5.41, 5.74) is 5.80. The largest absolute Gasteiger partial charge is 0.355 e. The predicted octanol–water partition coefficient (Wildman–Crippen LogP) is 0.359. The first-order chi connectivity index (χ1) is 10.0. The third-order valence-corrected chi connectivity index (χ3v) is 3.46. The number of nitrogens with zero attached hydrogens (tertiary/aromatic N) is 1. The zero-order valence-electron chi connectivity index (χ0n) is 13.0. The van der Waals surface area contributed by atoms with Gasteiger partial charge in [0.25, 0.3) is 0 Å². The Labute approximate surface area is 127 Å². The minimum atomic E-state index is -0.153. The van der Waals surface area contributed by atoms with Crippen molar-refractivity contribution in [3.05, 3.63) is 0 Å². The summed E-state index contributed by atoms with van der Waals surface area (Å²) in [7, 11) is 0. The Hall–Kier alpha value is -1.58. The quantitative estimate of drug-likeness (QED) is 0.308. The van der Waals surface area contributed by atoms with Crippen molar-refractivity contribution in [3.63, 3.8) is 0 Å². The van der Waals surface area contributed by atoms with Crippen LogP contribution in [0.15, 0.2) is 0 Å². The van der Waals surface area contributed by atoms with Crippen LogP contribution in [0.1, 0.15) is 46.0 Å². The summed E-state index contributed by atoms with van der Waals surface area (Å²) in [4.78, 5) is 25.4. The van der Waals surface area contributed by atoms with Crippen LogP contribution in [0.5, 0.6) is 0 Å². The van der Waals surface area contributed by atoms with Gasteiger partial charge >= 0.3 is 0 Å². The summed E-state index contributed by atoms with van der Waals surface area (Å²) in [5.74, 6) is 2.20. The number of hydrazine groups is 1. The number of carbonyl (C=O) groups is 2. The zero-order valence-corrected chi connectivity index (χ0v) is 13.0. The average Bonchev–Trinajstić information content (AvgIpc) is 3.19. The van der Waals surface area contributed by atoms with Crippen LogP contribution in [0.4, 0.5) is 0 Å². The van der Waals surface area contributed by atoms with E-state index in [0.717, 1.165) is 19.3 Å². The highest BCUT2D eigenvalue weighted by Crippen LogP contribution is 2.16. The van der Waals surface area contributed by atoms with Gasteiger partial charge < -0.3 is 10.2 Å². The molecule has 0 aromatic carbocycles. The van der Waals surface area contributed by atoms with Gasteiger partial charge in [0.1, 0.15) is 6.54 Å². The van der Waals surface area contributed by atoms with E-state index in [9.17, 15) is 9.59 Å². The predicted molar refractivity (Wildman–Crippen MR) is 81.9 cm³/mol. The molecular weight excluding hydrogens is 268 g/mol. The first-order valence-electron chi connectivity index (χ1n) is 7.53. The summed E-state index contributed by atoms with van der Waals surface area (Å²) in [6.45, 7) is 4.94. The molecule has 6 heteroatoms. The molecule has 0 bridgehead atoms. The first-order valence-corrected chi connectivity index (χ1v) is 7.53. The monoisotopic (exact) mass is 294 g/mol. The second kappa shape index (κ2) is 8.65. The van der Waals surface area contributed by atoms with E-state index in [2.05, 4.69) is 29.0 Å². The zero-order chi connectivity index (χ0) is 15.7. The van der Waals surface area contributed by atoms with Gasteiger partial charge in [0, 0.05) is 13.0 Å². The van der Waals surface area contributed by atoms with Gasteiger partial charge in [-0.05, 0) is 19.8 Å². The van der Waals surface area contributed by atoms with Crippen molar-refractivity contribution in [1.82, 2.24) is 21.1 Å². The van der Waals surface area contributed by atoms with Gasteiger partial charge in [0.05, 0.1) is 12.2 Å². The summed E-state index contributed by atoms with van der Waals surface area (Å²) in [6.07, 6.45) is 9.47. The molecule has 21 heavy (non-hydrogen) atoms. The second-order valence-electron chi connectivity index (χ2n) is 5.59. The lowest BCUT2D eigenvalue weighted by Crippen LogP contribution is -2.41. The standard InChI is InChI=1S/C15H26N4O2/c1-4-6-7-10-16-13(20)12-19(11-5-2)14(21)8-9-15(3)17-18-15/h2,17-18H,4,6-12H2,1,3H3,(H,16,20). The lowest BCUT2D eigenvalue weighted by molar-refractivity contribution is -0.135. The Morgan fingerprint density at radius 1 is 1.33 bits per heavy atom. The van der Waals surface area contributed by atoms with Crippen molar-refractivity contribution in [2.24, 2.45) is 0 Å². The lowest BCUT2D eigenvalue weighted by atomic mass is 10.1. The molecule has 1 fully saturated rings. The average molecular weight is 294 g/mol. The lowest BCUT2D eigenvalue weighted by Gasteiger charge is -2.20. The topological polar surface area (TPSA) is 93.3 Å². The van der Waals surface area contributed by atoms with Crippen LogP contribution in [0.2, 0.25) is 0 Å². The Kier molecular flexibility index (Phi) is 7.20. The molecule has 0 aromatic heterocycles. The Balaban J connectivity index is 2.31. The third-order valence-electron chi connectivity index (χ3n) is 3.46. The maximum atomic E-state index is 12.1. The molecule has 2 amide bonds. The number of terminal acetylenes is 1. The highest BCUT2D eigenvalue weighted by Gasteiger charge is 2.36. The minimum absolute atomic E-state index is 0.0345. The number of hydrogen-bond acceptors (Lipinski definition) is 4. The Morgan fingerprint density at radius 3 is 2.62 bits per heavy atom. The van der Waals surface area contributed by atoms with Gasteiger partial charge in [-0.15, -0.1) is 6.42 Å². The number of rotatable bonds is 10. The van der Waals surface area contributed by atoms with Gasteiger partial charge in [-0.1, -0.05) is 25.7 Å². The first kappa shape index (κ1) is 17.5. The van der Waals surface area contributed by atoms with Gasteiger partial charge in [-0.3, -0.25) is 9.59 Å². The second-order valence-corrected chi connectivity index (χ2v) is 5.59. The van der Waals surface area contributed by atoms with Crippen LogP contribution in [-0.2, 0) is 9.59 Å². The molecule has 0 aromatic rings. The van der Waals surface area contributed by atoms with Crippen LogP contribution in [-0.4, -0.2) is 42.0 Å². The number of amides is 2. The molecule has 1 heterocycles. The van der Waals surface area contributed by atoms with Crippen molar-refractivity contribution in [2.75, 3.05) is 19.6 Å². The fraction of sp³-hybridized carbons (Fsp3) is 0.733. The van der Waals surface area contributed by atoms with E-state index >= 15 is 0 Å². The Morgan fingerprint density at radius 2 is 2.05 bits per heavy atom. The molecule has 0 unspecified atom stereocenters. The molecule has 3 N–H and O–H groups in total. The smallest absolute Gasteiger partial charge is 0.239 e. The molecule has 118 valence electrons. The van der Waals surface area contributed by atoms with Gasteiger partial charge in [0.15, 0.2) is 0 Å². The fourth-order valence-corrected chi connectivity index (χ4v) is 1.92. The molecule has 0 spiro atoms. The number of carbonyl (C=O) groups excluding carboxylic acids is 2. The van der Waals surface area contributed by atoms with Crippen LogP contribution in [0, 0.1) is 12.3 Å². The number of unbranched alkanes of at least 4 members (excludes halogenated alkanes) is 2. The highest BCUT2D eigenvalue weighted by atomic mass is 16.2. The molecule has 0 radical (unpaired) electrons. The maximum absolute atomic E-state index is 12.1. The van der Waals surface area contributed by atoms with E-state index in [1.54, 1.807) is 0 Å². The van der Waals surface area contributed by atoms with Gasteiger partial charge in [0.2, 0.25) is 11.8 Å². The fourth-order valence-electron chi connectivity index (χ4n) is 1.92. The van der Waals surface area contributed by atoms with Crippen molar-refractivity contribution in [3.8, 4) is 12.3 Å². The van der Waals surface area contributed by atoms with Crippen molar-refractivity contribution in [1.29, 1.82) is 0 Å².